The number of nitrogens with one attached hydrogen (secondary N) is 1. The van der Waals surface area contributed by atoms with Gasteiger partial charge < -0.3 is 15.0 Å². The minimum Gasteiger partial charge on any atom is -0.491 e. The van der Waals surface area contributed by atoms with Gasteiger partial charge in [-0.05, 0) is 45.8 Å². The number of hydrogen-bond donors (Lipinski definition) is 1. The molecular weight excluding hydrogens is 264 g/mol. The van der Waals surface area contributed by atoms with Gasteiger partial charge in [0.15, 0.2) is 0 Å². The Balaban J connectivity index is 1.97. The largest absolute Gasteiger partial charge is 0.491 e. The summed E-state index contributed by atoms with van der Waals surface area (Å²) < 4.78 is 5.79. The van der Waals surface area contributed by atoms with Crippen molar-refractivity contribution in [2.24, 2.45) is 5.92 Å². The molecular formula is C17H26N2O2. The third kappa shape index (κ3) is 4.46. The van der Waals surface area contributed by atoms with Crippen LogP contribution in [0, 0.1) is 5.92 Å². The molecule has 0 spiro atoms. The van der Waals surface area contributed by atoms with Crippen LogP contribution in [0.1, 0.15) is 25.8 Å². The van der Waals surface area contributed by atoms with Crippen molar-refractivity contribution in [2.75, 3.05) is 26.7 Å². The zero-order valence-corrected chi connectivity index (χ0v) is 13.3. The maximum Gasteiger partial charge on any atom is 0.227 e. The van der Waals surface area contributed by atoms with Crippen molar-refractivity contribution in [1.29, 1.82) is 0 Å². The van der Waals surface area contributed by atoms with E-state index in [4.69, 9.17) is 4.74 Å². The standard InChI is InChI=1S/C17H26N2O2/c1-13(2)21-16-7-5-4-6-15(16)10-17(20)19-9-8-14(12-19)11-18-3/h4-7,13-14,18H,8-12H2,1-3H3. The van der Waals surface area contributed by atoms with E-state index in [-0.39, 0.29) is 12.0 Å². The van der Waals surface area contributed by atoms with E-state index in [0.717, 1.165) is 37.4 Å². The SMILES string of the molecule is CNCC1CCN(C(=O)Cc2ccccc2OC(C)C)C1. The lowest BCUT2D eigenvalue weighted by molar-refractivity contribution is -0.129. The lowest BCUT2D eigenvalue weighted by atomic mass is 10.1. The van der Waals surface area contributed by atoms with E-state index in [0.29, 0.717) is 12.3 Å². The number of carbonyl (C=O) groups excluding carboxylic acids is 1. The monoisotopic (exact) mass is 290 g/mol. The van der Waals surface area contributed by atoms with Crippen molar-refractivity contribution >= 4 is 5.91 Å². The van der Waals surface area contributed by atoms with E-state index < -0.39 is 0 Å². The first-order valence-corrected chi connectivity index (χ1v) is 7.77. The third-order valence-electron chi connectivity index (χ3n) is 3.81. The fraction of sp³-hybridized carbons (Fsp3) is 0.588. The summed E-state index contributed by atoms with van der Waals surface area (Å²) in [5.74, 6) is 1.61. The maximum atomic E-state index is 12.5. The van der Waals surface area contributed by atoms with Crippen molar-refractivity contribution < 1.29 is 9.53 Å². The van der Waals surface area contributed by atoms with Crippen LogP contribution >= 0.6 is 0 Å². The Hall–Kier alpha value is -1.55. The van der Waals surface area contributed by atoms with E-state index in [1.165, 1.54) is 0 Å². The topological polar surface area (TPSA) is 41.6 Å². The molecule has 1 aromatic rings. The van der Waals surface area contributed by atoms with Crippen molar-refractivity contribution in [1.82, 2.24) is 10.2 Å². The molecule has 2 rings (SSSR count). The fourth-order valence-corrected chi connectivity index (χ4v) is 2.81. The minimum atomic E-state index is 0.119. The Morgan fingerprint density at radius 2 is 2.19 bits per heavy atom. The Kier molecular flexibility index (Phi) is 5.62. The van der Waals surface area contributed by atoms with Crippen molar-refractivity contribution in [2.45, 2.75) is 32.8 Å². The number of likely N-dealkylation sites (tertiary alicyclic amines) is 1. The second-order valence-corrected chi connectivity index (χ2v) is 6.00. The molecule has 1 aliphatic rings. The molecule has 1 N–H and O–H groups in total. The van der Waals surface area contributed by atoms with Gasteiger partial charge in [0.1, 0.15) is 5.75 Å². The first-order chi connectivity index (χ1) is 10.1. The van der Waals surface area contributed by atoms with Crippen molar-refractivity contribution in [3.05, 3.63) is 29.8 Å². The predicted octanol–water partition coefficient (Wildman–Crippen LogP) is 2.08. The molecule has 4 heteroatoms. The molecule has 0 radical (unpaired) electrons. The lowest BCUT2D eigenvalue weighted by Crippen LogP contribution is -2.31. The van der Waals surface area contributed by atoms with Gasteiger partial charge in [-0.3, -0.25) is 4.79 Å². The molecule has 0 bridgehead atoms. The zero-order valence-electron chi connectivity index (χ0n) is 13.3. The van der Waals surface area contributed by atoms with Crippen molar-refractivity contribution in [3.8, 4) is 5.75 Å². The van der Waals surface area contributed by atoms with Gasteiger partial charge in [-0.2, -0.15) is 0 Å². The lowest BCUT2D eigenvalue weighted by Gasteiger charge is -2.18. The molecule has 0 aliphatic carbocycles. The quantitative estimate of drug-likeness (QED) is 0.872. The van der Waals surface area contributed by atoms with Gasteiger partial charge in [-0.15, -0.1) is 0 Å². The van der Waals surface area contributed by atoms with E-state index in [1.54, 1.807) is 0 Å². The number of rotatable bonds is 6. The molecule has 1 atom stereocenters. The molecule has 1 saturated heterocycles. The second kappa shape index (κ2) is 7.46. The number of hydrogen-bond acceptors (Lipinski definition) is 3. The van der Waals surface area contributed by atoms with E-state index in [9.17, 15) is 4.79 Å². The average molecular weight is 290 g/mol. The molecule has 1 unspecified atom stereocenters. The van der Waals surface area contributed by atoms with Crippen LogP contribution in [-0.4, -0.2) is 43.6 Å². The van der Waals surface area contributed by atoms with Gasteiger partial charge in [0.2, 0.25) is 5.91 Å². The Labute approximate surface area is 127 Å². The highest BCUT2D eigenvalue weighted by Gasteiger charge is 2.26. The number of nitrogens with zero attached hydrogens (tertiary/aromatic N) is 1. The van der Waals surface area contributed by atoms with Crippen LogP contribution < -0.4 is 10.1 Å². The summed E-state index contributed by atoms with van der Waals surface area (Å²) in [5, 5.41) is 3.19. The van der Waals surface area contributed by atoms with Crippen molar-refractivity contribution in [3.63, 3.8) is 0 Å². The number of carbonyl (C=O) groups is 1. The summed E-state index contributed by atoms with van der Waals surface area (Å²) in [6, 6.07) is 7.83. The van der Waals surface area contributed by atoms with Gasteiger partial charge >= 0.3 is 0 Å². The molecule has 116 valence electrons. The number of ether oxygens (including phenoxy) is 1. The minimum absolute atomic E-state index is 0.119. The molecule has 4 nitrogen and oxygen atoms in total. The van der Waals surface area contributed by atoms with Gasteiger partial charge in [-0.1, -0.05) is 18.2 Å². The summed E-state index contributed by atoms with van der Waals surface area (Å²) >= 11 is 0. The summed E-state index contributed by atoms with van der Waals surface area (Å²) in [6.45, 7) is 6.73. The van der Waals surface area contributed by atoms with Crippen LogP contribution in [0.5, 0.6) is 5.75 Å². The van der Waals surface area contributed by atoms with E-state index in [2.05, 4.69) is 5.32 Å². The Bertz CT molecular complexity index is 474. The average Bonchev–Trinajstić information content (AvgIpc) is 2.89. The Morgan fingerprint density at radius 1 is 1.43 bits per heavy atom. The van der Waals surface area contributed by atoms with Crippen LogP contribution in [0.2, 0.25) is 0 Å². The molecule has 0 saturated carbocycles. The third-order valence-corrected chi connectivity index (χ3v) is 3.81. The predicted molar refractivity (Wildman–Crippen MR) is 84.5 cm³/mol. The summed E-state index contributed by atoms with van der Waals surface area (Å²) in [6.07, 6.45) is 1.64. The zero-order chi connectivity index (χ0) is 15.2. The van der Waals surface area contributed by atoms with Crippen LogP contribution in [0.15, 0.2) is 24.3 Å². The van der Waals surface area contributed by atoms with Crippen LogP contribution in [0.4, 0.5) is 0 Å². The highest BCUT2D eigenvalue weighted by Crippen LogP contribution is 2.22. The first-order valence-electron chi connectivity index (χ1n) is 7.77. The van der Waals surface area contributed by atoms with Crippen LogP contribution in [-0.2, 0) is 11.2 Å². The number of para-hydroxylation sites is 1. The molecule has 1 fully saturated rings. The Morgan fingerprint density at radius 3 is 2.90 bits per heavy atom. The van der Waals surface area contributed by atoms with Gasteiger partial charge in [-0.25, -0.2) is 0 Å². The smallest absolute Gasteiger partial charge is 0.227 e. The van der Waals surface area contributed by atoms with E-state index >= 15 is 0 Å². The summed E-state index contributed by atoms with van der Waals surface area (Å²) in [7, 11) is 1.96. The summed E-state index contributed by atoms with van der Waals surface area (Å²) in [4.78, 5) is 14.4. The number of benzene rings is 1. The molecule has 1 aliphatic heterocycles. The van der Waals surface area contributed by atoms with Crippen LogP contribution in [0.3, 0.4) is 0 Å². The highest BCUT2D eigenvalue weighted by molar-refractivity contribution is 5.79. The number of amides is 1. The summed E-state index contributed by atoms with van der Waals surface area (Å²) in [5.41, 5.74) is 0.980. The van der Waals surface area contributed by atoms with Gasteiger partial charge in [0.05, 0.1) is 12.5 Å². The molecule has 1 heterocycles. The first kappa shape index (κ1) is 15.8. The van der Waals surface area contributed by atoms with Gasteiger partial charge in [0.25, 0.3) is 0 Å². The van der Waals surface area contributed by atoms with E-state index in [1.807, 2.05) is 50.1 Å². The molecule has 21 heavy (non-hydrogen) atoms. The molecule has 0 aromatic heterocycles. The molecule has 1 aromatic carbocycles. The van der Waals surface area contributed by atoms with Crippen LogP contribution in [0.25, 0.3) is 0 Å². The fourth-order valence-electron chi connectivity index (χ4n) is 2.81. The molecule has 1 amide bonds. The maximum absolute atomic E-state index is 12.5. The highest BCUT2D eigenvalue weighted by atomic mass is 16.5. The normalized spacial score (nSPS) is 18.3. The van der Waals surface area contributed by atoms with Gasteiger partial charge in [0, 0.05) is 18.7 Å². The second-order valence-electron chi connectivity index (χ2n) is 6.00.